The van der Waals surface area contributed by atoms with Crippen molar-refractivity contribution in [2.24, 2.45) is 0 Å². The van der Waals surface area contributed by atoms with E-state index in [4.69, 9.17) is 16.6 Å². The maximum Gasteiger partial charge on any atom is 0.263 e. The van der Waals surface area contributed by atoms with E-state index in [9.17, 15) is 4.79 Å². The lowest BCUT2D eigenvalue weighted by molar-refractivity contribution is 0.564. The van der Waals surface area contributed by atoms with Crippen LogP contribution in [-0.2, 0) is 6.54 Å². The molecule has 3 aromatic rings. The number of aryl methyl sites for hydroxylation is 1. The monoisotopic (exact) mass is 368 g/mol. The summed E-state index contributed by atoms with van der Waals surface area (Å²) < 4.78 is 1.78. The molecular weight excluding hydrogens is 348 g/mol. The third-order valence-corrected chi connectivity index (χ3v) is 4.95. The molecule has 0 amide bonds. The highest BCUT2D eigenvalue weighted by Gasteiger charge is 2.19. The molecule has 5 nitrogen and oxygen atoms in total. The zero-order valence-electron chi connectivity index (χ0n) is 14.7. The average molecular weight is 369 g/mol. The number of fused-ring (bicyclic) bond motifs is 1. The molecule has 1 aliphatic rings. The number of rotatable bonds is 3. The summed E-state index contributed by atoms with van der Waals surface area (Å²) in [5.74, 6) is 0.729. The smallest absolute Gasteiger partial charge is 0.263 e. The van der Waals surface area contributed by atoms with Gasteiger partial charge in [0.25, 0.3) is 5.56 Å². The topological polar surface area (TPSA) is 50.2 Å². The molecule has 0 bridgehead atoms. The second-order valence-corrected chi connectivity index (χ2v) is 7.13. The highest BCUT2D eigenvalue weighted by atomic mass is 35.5. The summed E-state index contributed by atoms with van der Waals surface area (Å²) in [6.45, 7) is 5.99. The van der Waals surface area contributed by atoms with E-state index in [1.165, 1.54) is 5.56 Å². The SMILES string of the molecule is Cc1cccc(Cn2c(N3CCNCC3)nc3ccc(Cl)cc3c2=O)c1. The predicted molar refractivity (Wildman–Crippen MR) is 106 cm³/mol. The van der Waals surface area contributed by atoms with E-state index in [1.54, 1.807) is 16.7 Å². The van der Waals surface area contributed by atoms with Crippen molar-refractivity contribution in [2.45, 2.75) is 13.5 Å². The number of benzene rings is 2. The molecule has 0 atom stereocenters. The number of hydrogen-bond acceptors (Lipinski definition) is 4. The third-order valence-electron chi connectivity index (χ3n) is 4.72. The van der Waals surface area contributed by atoms with Crippen molar-refractivity contribution in [3.63, 3.8) is 0 Å². The van der Waals surface area contributed by atoms with E-state index in [0.717, 1.165) is 37.7 Å². The predicted octanol–water partition coefficient (Wildman–Crippen LogP) is 2.82. The molecule has 1 aromatic heterocycles. The second kappa shape index (κ2) is 7.09. The van der Waals surface area contributed by atoms with Crippen LogP contribution >= 0.6 is 11.6 Å². The molecule has 134 valence electrons. The summed E-state index contributed by atoms with van der Waals surface area (Å²) in [5.41, 5.74) is 2.91. The van der Waals surface area contributed by atoms with Gasteiger partial charge in [-0.1, -0.05) is 41.4 Å². The fourth-order valence-electron chi connectivity index (χ4n) is 3.42. The van der Waals surface area contributed by atoms with Gasteiger partial charge in [-0.3, -0.25) is 9.36 Å². The van der Waals surface area contributed by atoms with Gasteiger partial charge < -0.3 is 10.2 Å². The molecule has 1 N–H and O–H groups in total. The van der Waals surface area contributed by atoms with Crippen LogP contribution < -0.4 is 15.8 Å². The molecule has 1 saturated heterocycles. The molecule has 6 heteroatoms. The average Bonchev–Trinajstić information content (AvgIpc) is 2.65. The lowest BCUT2D eigenvalue weighted by Gasteiger charge is -2.30. The number of aromatic nitrogens is 2. The van der Waals surface area contributed by atoms with Crippen LogP contribution in [0.25, 0.3) is 10.9 Å². The second-order valence-electron chi connectivity index (χ2n) is 6.69. The van der Waals surface area contributed by atoms with Crippen LogP contribution in [0.4, 0.5) is 5.95 Å². The van der Waals surface area contributed by atoms with Crippen LogP contribution in [0.2, 0.25) is 5.02 Å². The van der Waals surface area contributed by atoms with Crippen LogP contribution in [0.5, 0.6) is 0 Å². The molecule has 0 unspecified atom stereocenters. The summed E-state index contributed by atoms with van der Waals surface area (Å²) >= 11 is 6.12. The van der Waals surface area contributed by atoms with Gasteiger partial charge in [-0.05, 0) is 30.7 Å². The highest BCUT2D eigenvalue weighted by molar-refractivity contribution is 6.31. The van der Waals surface area contributed by atoms with Gasteiger partial charge in [0.15, 0.2) is 0 Å². The Morgan fingerprint density at radius 2 is 1.96 bits per heavy atom. The molecule has 0 saturated carbocycles. The van der Waals surface area contributed by atoms with E-state index in [0.29, 0.717) is 22.5 Å². The molecule has 1 aliphatic heterocycles. The van der Waals surface area contributed by atoms with Gasteiger partial charge in [0.1, 0.15) is 0 Å². The lowest BCUT2D eigenvalue weighted by atomic mass is 10.1. The van der Waals surface area contributed by atoms with E-state index in [-0.39, 0.29) is 5.56 Å². The van der Waals surface area contributed by atoms with Gasteiger partial charge in [-0.2, -0.15) is 0 Å². The van der Waals surface area contributed by atoms with Crippen molar-refractivity contribution < 1.29 is 0 Å². The van der Waals surface area contributed by atoms with E-state index < -0.39 is 0 Å². The minimum absolute atomic E-state index is 0.0486. The lowest BCUT2D eigenvalue weighted by Crippen LogP contribution is -2.46. The maximum atomic E-state index is 13.3. The van der Waals surface area contributed by atoms with Crippen molar-refractivity contribution in [1.29, 1.82) is 0 Å². The Balaban J connectivity index is 1.88. The van der Waals surface area contributed by atoms with Crippen LogP contribution in [0.1, 0.15) is 11.1 Å². The Bertz CT molecular complexity index is 1010. The first-order valence-corrected chi connectivity index (χ1v) is 9.21. The van der Waals surface area contributed by atoms with E-state index >= 15 is 0 Å². The third kappa shape index (κ3) is 3.32. The summed E-state index contributed by atoms with van der Waals surface area (Å²) in [7, 11) is 0. The first-order valence-electron chi connectivity index (χ1n) is 8.83. The standard InChI is InChI=1S/C20H21ClN4O/c1-14-3-2-4-15(11-14)13-25-19(26)17-12-16(21)5-6-18(17)23-20(25)24-9-7-22-8-10-24/h2-6,11-12,22H,7-10,13H2,1H3. The molecule has 2 heterocycles. The molecule has 2 aromatic carbocycles. The Labute approximate surface area is 157 Å². The Kier molecular flexibility index (Phi) is 4.66. The van der Waals surface area contributed by atoms with Gasteiger partial charge in [-0.15, -0.1) is 0 Å². The molecule has 0 spiro atoms. The van der Waals surface area contributed by atoms with Gasteiger partial charge in [0.2, 0.25) is 5.95 Å². The summed E-state index contributed by atoms with van der Waals surface area (Å²) in [4.78, 5) is 20.3. The molecule has 4 rings (SSSR count). The summed E-state index contributed by atoms with van der Waals surface area (Å²) in [6.07, 6.45) is 0. The van der Waals surface area contributed by atoms with Crippen LogP contribution in [0.15, 0.2) is 47.3 Å². The Morgan fingerprint density at radius 3 is 2.73 bits per heavy atom. The maximum absolute atomic E-state index is 13.3. The van der Waals surface area contributed by atoms with E-state index in [2.05, 4.69) is 29.3 Å². The van der Waals surface area contributed by atoms with Gasteiger partial charge in [0.05, 0.1) is 17.4 Å². The van der Waals surface area contributed by atoms with Crippen LogP contribution in [0.3, 0.4) is 0 Å². The van der Waals surface area contributed by atoms with Gasteiger partial charge in [-0.25, -0.2) is 4.98 Å². The number of nitrogens with zero attached hydrogens (tertiary/aromatic N) is 3. The Hall–Kier alpha value is -2.37. The molecule has 26 heavy (non-hydrogen) atoms. The molecule has 0 radical (unpaired) electrons. The van der Waals surface area contributed by atoms with Crippen molar-refractivity contribution in [1.82, 2.24) is 14.9 Å². The minimum atomic E-state index is -0.0486. The van der Waals surface area contributed by atoms with Crippen LogP contribution in [-0.4, -0.2) is 35.7 Å². The zero-order valence-corrected chi connectivity index (χ0v) is 15.5. The Morgan fingerprint density at radius 1 is 1.15 bits per heavy atom. The summed E-state index contributed by atoms with van der Waals surface area (Å²) in [6, 6.07) is 13.5. The first-order chi connectivity index (χ1) is 12.6. The van der Waals surface area contributed by atoms with Crippen LogP contribution in [0, 0.1) is 6.92 Å². The van der Waals surface area contributed by atoms with Crippen molar-refractivity contribution >= 4 is 28.5 Å². The van der Waals surface area contributed by atoms with E-state index in [1.807, 2.05) is 18.2 Å². The van der Waals surface area contributed by atoms with Crippen molar-refractivity contribution in [3.05, 3.63) is 69.0 Å². The quantitative estimate of drug-likeness (QED) is 0.772. The highest BCUT2D eigenvalue weighted by Crippen LogP contribution is 2.20. The molecular formula is C20H21ClN4O. The van der Waals surface area contributed by atoms with Crippen molar-refractivity contribution in [2.75, 3.05) is 31.1 Å². The molecule has 1 fully saturated rings. The van der Waals surface area contributed by atoms with Crippen molar-refractivity contribution in [3.8, 4) is 0 Å². The fourth-order valence-corrected chi connectivity index (χ4v) is 3.60. The number of hydrogen-bond donors (Lipinski definition) is 1. The number of halogens is 1. The largest absolute Gasteiger partial charge is 0.340 e. The van der Waals surface area contributed by atoms with Gasteiger partial charge >= 0.3 is 0 Å². The number of piperazine rings is 1. The fraction of sp³-hybridized carbons (Fsp3) is 0.300. The minimum Gasteiger partial charge on any atom is -0.340 e. The number of anilines is 1. The summed E-state index contributed by atoms with van der Waals surface area (Å²) in [5, 5.41) is 4.45. The first kappa shape index (κ1) is 17.1. The number of nitrogens with one attached hydrogen (secondary N) is 1. The molecule has 0 aliphatic carbocycles. The normalized spacial score (nSPS) is 14.8. The zero-order chi connectivity index (χ0) is 18.1. The van der Waals surface area contributed by atoms with Gasteiger partial charge in [0, 0.05) is 31.2 Å².